The van der Waals surface area contributed by atoms with Gasteiger partial charge in [-0.1, -0.05) is 104 Å². The summed E-state index contributed by atoms with van der Waals surface area (Å²) in [6.07, 6.45) is -32.3. The van der Waals surface area contributed by atoms with E-state index in [0.717, 1.165) is 10.5 Å². The first-order valence-electron chi connectivity index (χ1n) is 33.5. The highest BCUT2D eigenvalue weighted by Gasteiger charge is 2.56. The van der Waals surface area contributed by atoms with Crippen LogP contribution in [0.15, 0.2) is 114 Å². The van der Waals surface area contributed by atoms with Gasteiger partial charge in [0, 0.05) is 25.4 Å². The lowest BCUT2D eigenvalue weighted by Crippen LogP contribution is -2.69. The molecule has 6 aliphatic heterocycles. The molecule has 24 N–H and O–H groups in total. The second-order valence-corrected chi connectivity index (χ2v) is 26.1. The van der Waals surface area contributed by atoms with Crippen LogP contribution in [0, 0.1) is 5.41 Å². The van der Waals surface area contributed by atoms with Crippen molar-refractivity contribution in [2.45, 2.75) is 172 Å². The van der Waals surface area contributed by atoms with Crippen molar-refractivity contribution in [3.8, 4) is 16.9 Å². The molecule has 0 spiro atoms. The molecule has 6 aliphatic rings. The SMILES string of the molecule is CC(c1ccccc1)[C@@H]1NC(=O)CNC(=O)[C@H](CO)NC(=O)[C@@H](C(O)C2CN(Cc3ccccc3-c3ccccc3)C(=N)N2[C@H]2O[C@H](CO)[C@@H](O)[C@H](O)[C@@H]2O)NC(=O)[C@H](C(O)C2CN=C(N)N2)NC(=O)[C@@H](Cc2ccc(O[C@H]3O[C@H](CO)[C@@H](O[C@H]4O[C@H](CO)[C@@H](O)[C@H](O)[C@@H]4O)[C@H](O)[C@@H]3O)cc2)NC1=O. The van der Waals surface area contributed by atoms with Gasteiger partial charge < -0.3 is 148 Å². The number of benzene rings is 4. The van der Waals surface area contributed by atoms with Gasteiger partial charge in [-0.05, 0) is 39.9 Å². The fourth-order valence-electron chi connectivity index (χ4n) is 13.3. The summed E-state index contributed by atoms with van der Waals surface area (Å²) in [5.41, 5.74) is 8.75. The van der Waals surface area contributed by atoms with Gasteiger partial charge >= 0.3 is 0 Å². The van der Waals surface area contributed by atoms with Crippen LogP contribution in [0.25, 0.3) is 11.1 Å². The van der Waals surface area contributed by atoms with Crippen LogP contribution in [0.2, 0.25) is 0 Å². The third-order valence-electron chi connectivity index (χ3n) is 19.2. The van der Waals surface area contributed by atoms with Crippen LogP contribution in [0.1, 0.15) is 29.5 Å². The first-order chi connectivity index (χ1) is 49.7. The molecule has 5 saturated heterocycles. The molecule has 6 amide bonds. The number of rotatable bonds is 20. The molecular formula is C67H88N12O25. The fraction of sp³-hybridized carbons (Fsp3) is 0.522. The summed E-state index contributed by atoms with van der Waals surface area (Å²) in [5.74, 6) is -9.15. The van der Waals surface area contributed by atoms with Gasteiger partial charge in [-0.3, -0.25) is 39.2 Å². The zero-order valence-electron chi connectivity index (χ0n) is 55.9. The van der Waals surface area contributed by atoms with E-state index >= 15 is 19.2 Å². The van der Waals surface area contributed by atoms with Gasteiger partial charge in [0.05, 0.1) is 51.6 Å². The quantitative estimate of drug-likeness (QED) is 0.0391. The summed E-state index contributed by atoms with van der Waals surface area (Å²) in [5, 5.41) is 181. The number of guanidine groups is 2. The highest BCUT2D eigenvalue weighted by molar-refractivity contribution is 5.98. The molecule has 0 radical (unpaired) electrons. The largest absolute Gasteiger partial charge is 0.462 e. The minimum atomic E-state index is -2.42. The summed E-state index contributed by atoms with van der Waals surface area (Å²) >= 11 is 0. The summed E-state index contributed by atoms with van der Waals surface area (Å²) in [6, 6.07) is 16.7. The van der Waals surface area contributed by atoms with E-state index in [9.17, 15) is 86.5 Å². The van der Waals surface area contributed by atoms with Crippen molar-refractivity contribution in [1.82, 2.24) is 47.0 Å². The van der Waals surface area contributed by atoms with E-state index in [4.69, 9.17) is 29.4 Å². The second-order valence-electron chi connectivity index (χ2n) is 26.1. The Kier molecular flexibility index (Phi) is 25.8. The predicted octanol–water partition coefficient (Wildman–Crippen LogP) is -9.82. The van der Waals surface area contributed by atoms with Gasteiger partial charge in [-0.25, -0.2) is 0 Å². The maximum Gasteiger partial charge on any atom is 0.246 e. The number of aliphatic hydroxyl groups is 14. The number of hydrogen-bond donors (Lipinski definition) is 23. The molecule has 0 bridgehead atoms. The Morgan fingerprint density at radius 1 is 0.577 bits per heavy atom. The molecule has 0 saturated carbocycles. The number of amides is 6. The summed E-state index contributed by atoms with van der Waals surface area (Å²) < 4.78 is 28.7. The first kappa shape index (κ1) is 77.9. The third kappa shape index (κ3) is 17.3. The van der Waals surface area contributed by atoms with E-state index < -0.39 is 240 Å². The van der Waals surface area contributed by atoms with Crippen LogP contribution < -0.4 is 47.7 Å². The Morgan fingerprint density at radius 2 is 1.14 bits per heavy atom. The number of hydrogen-bond acceptors (Lipinski definition) is 29. The number of aliphatic hydroxyl groups excluding tert-OH is 14. The van der Waals surface area contributed by atoms with E-state index in [1.165, 1.54) is 29.2 Å². The molecule has 6 heterocycles. The average Bonchev–Trinajstić information content (AvgIpc) is 1.57. The molecule has 37 nitrogen and oxygen atoms in total. The first-order valence-corrected chi connectivity index (χ1v) is 33.5. The van der Waals surface area contributed by atoms with Gasteiger partial charge in [-0.2, -0.15) is 0 Å². The van der Waals surface area contributed by atoms with Crippen molar-refractivity contribution in [3.05, 3.63) is 126 Å². The molecule has 37 heteroatoms. The van der Waals surface area contributed by atoms with Crippen molar-refractivity contribution >= 4 is 47.4 Å². The smallest absolute Gasteiger partial charge is 0.246 e. The van der Waals surface area contributed by atoms with Crippen LogP contribution in [0.4, 0.5) is 0 Å². The lowest BCUT2D eigenvalue weighted by atomic mass is 9.92. The molecule has 5 unspecified atom stereocenters. The van der Waals surface area contributed by atoms with Crippen molar-refractivity contribution in [1.29, 1.82) is 5.41 Å². The lowest BCUT2D eigenvalue weighted by molar-refractivity contribution is -0.352. The molecule has 104 heavy (non-hydrogen) atoms. The molecule has 0 aromatic heterocycles. The topological polar surface area (TPSA) is 585 Å². The summed E-state index contributed by atoms with van der Waals surface area (Å²) in [6.45, 7) is -4.15. The van der Waals surface area contributed by atoms with E-state index in [1.807, 2.05) is 24.3 Å². The number of carbonyl (C=O) groups is 6. The van der Waals surface area contributed by atoms with E-state index in [1.54, 1.807) is 67.6 Å². The highest BCUT2D eigenvalue weighted by atomic mass is 16.7. The predicted molar refractivity (Wildman–Crippen MR) is 357 cm³/mol. The summed E-state index contributed by atoms with van der Waals surface area (Å²) in [4.78, 5) is 95.6. The number of carbonyl (C=O) groups excluding carboxylic acids is 6. The number of aliphatic imine (C=N–C) groups is 1. The van der Waals surface area contributed by atoms with Gasteiger partial charge in [0.2, 0.25) is 41.7 Å². The van der Waals surface area contributed by atoms with Crippen LogP contribution in [0.5, 0.6) is 5.75 Å². The maximum atomic E-state index is 15.5. The minimum Gasteiger partial charge on any atom is -0.462 e. The minimum absolute atomic E-state index is 0.0805. The van der Waals surface area contributed by atoms with Gasteiger partial charge in [0.1, 0.15) is 121 Å². The number of nitrogens with two attached hydrogens (primary N) is 1. The highest BCUT2D eigenvalue weighted by Crippen LogP contribution is 2.35. The van der Waals surface area contributed by atoms with Gasteiger partial charge in [-0.15, -0.1) is 0 Å². The Balaban J connectivity index is 0.986. The van der Waals surface area contributed by atoms with E-state index in [2.05, 4.69) is 42.2 Å². The number of ether oxygens (including phenoxy) is 5. The maximum absolute atomic E-state index is 15.5. The molecule has 10 rings (SSSR count). The number of nitrogens with zero attached hydrogens (tertiary/aromatic N) is 3. The zero-order chi connectivity index (χ0) is 75.0. The van der Waals surface area contributed by atoms with Gasteiger partial charge in [0.25, 0.3) is 0 Å². The number of nitrogens with one attached hydrogen (secondary N) is 8. The Morgan fingerprint density at radius 3 is 1.79 bits per heavy atom. The molecule has 4 aromatic rings. The van der Waals surface area contributed by atoms with Crippen LogP contribution in [0.3, 0.4) is 0 Å². The van der Waals surface area contributed by atoms with Crippen molar-refractivity contribution in [3.63, 3.8) is 0 Å². The normalized spacial score (nSPS) is 34.4. The van der Waals surface area contributed by atoms with E-state index in [-0.39, 0.29) is 30.4 Å². The van der Waals surface area contributed by atoms with E-state index in [0.29, 0.717) is 16.7 Å². The zero-order valence-corrected chi connectivity index (χ0v) is 55.9. The fourth-order valence-corrected chi connectivity index (χ4v) is 13.3. The molecule has 566 valence electrons. The Bertz CT molecular complexity index is 3650. The Hall–Kier alpha value is -8.68. The molecule has 4 aromatic carbocycles. The van der Waals surface area contributed by atoms with Crippen LogP contribution in [-0.2, 0) is 60.7 Å². The lowest BCUT2D eigenvalue weighted by Gasteiger charge is -2.46. The molecule has 25 atom stereocenters. The second kappa shape index (κ2) is 34.5. The van der Waals surface area contributed by atoms with Crippen molar-refractivity contribution < 1.29 is 124 Å². The molecule has 0 aliphatic carbocycles. The van der Waals surface area contributed by atoms with Crippen molar-refractivity contribution in [2.24, 2.45) is 10.7 Å². The summed E-state index contributed by atoms with van der Waals surface area (Å²) in [7, 11) is 0. The standard InChI is InChI=1S/C67H88N12O25/c1-29(31-10-4-2-5-11-31)44-60(97)72-36(20-30-16-18-34(19-17-30)100-64-56(94)53(91)57(42(28-83)103-64)104-65-55(93)52(90)50(88)41(27-82)102-65)59(96)76-45(47(85)37-21-71-66(68)74-37)62(99)77-46(61(98)73-38(25-80)58(95)70-22-43(84)75-44)48(86)39-24-78(23-33-14-8-9-15-35(33)32-12-6-3-7-13-32)67(69)79(39)63-54(92)51(89)49(87)40(26-81)101-63/h2-19,29,36-42,44-57,63-65,69,80-83,85-94H,20-28H2,1H3,(H,70,95)(H,72,97)(H,73,98)(H,75,84)(H,76,96)(H,77,99)(H3,68,71,74)/t29?,36-,37?,38+,39?,40-,41-,42-,44+,45+,46-,47?,48?,49-,50-,51+,52+,53-,54+,55+,56+,57-,63+,64+,65-/m1/s1. The third-order valence-corrected chi connectivity index (χ3v) is 19.2. The Labute approximate surface area is 593 Å². The van der Waals surface area contributed by atoms with Crippen molar-refractivity contribution in [2.75, 3.05) is 46.1 Å². The monoisotopic (exact) mass is 1460 g/mol. The van der Waals surface area contributed by atoms with Crippen LogP contribution in [-0.4, -0.2) is 321 Å². The van der Waals surface area contributed by atoms with Gasteiger partial charge in [0.15, 0.2) is 24.4 Å². The molecule has 5 fully saturated rings. The average molecular weight is 1460 g/mol. The molecular weight excluding hydrogens is 1370 g/mol. The van der Waals surface area contributed by atoms with Crippen LogP contribution >= 0.6 is 0 Å².